The predicted molar refractivity (Wildman–Crippen MR) is 63.6 cm³/mol. The van der Waals surface area contributed by atoms with Crippen LogP contribution in [-0.4, -0.2) is 9.97 Å². The molecule has 1 aromatic carbocycles. The van der Waals surface area contributed by atoms with E-state index >= 15 is 0 Å². The van der Waals surface area contributed by atoms with Crippen molar-refractivity contribution >= 4 is 11.0 Å². The summed E-state index contributed by atoms with van der Waals surface area (Å²) < 4.78 is 14.6. The Morgan fingerprint density at radius 1 is 1.24 bits per heavy atom. The molecule has 0 radical (unpaired) electrons. The number of aromatic amines is 1. The Morgan fingerprint density at radius 2 is 1.94 bits per heavy atom. The Bertz CT molecular complexity index is 614. The zero-order chi connectivity index (χ0) is 11.9. The molecule has 1 N–H and O–H groups in total. The van der Waals surface area contributed by atoms with Gasteiger partial charge >= 0.3 is 0 Å². The zero-order valence-corrected chi connectivity index (χ0v) is 9.37. The number of aromatic nitrogens is 2. The summed E-state index contributed by atoms with van der Waals surface area (Å²) in [5, 5.41) is 0. The minimum atomic E-state index is -1.53. The Labute approximate surface area is 97.7 Å². The van der Waals surface area contributed by atoms with Crippen molar-refractivity contribution in [3.8, 4) is 0 Å². The van der Waals surface area contributed by atoms with E-state index in [4.69, 9.17) is 0 Å². The highest BCUT2D eigenvalue weighted by molar-refractivity contribution is 5.73. The molecule has 1 aromatic heterocycles. The average molecular weight is 232 g/mol. The number of alkyl halides is 1. The molecule has 4 heteroatoms. The van der Waals surface area contributed by atoms with Gasteiger partial charge in [0.25, 0.3) is 5.56 Å². The maximum Gasteiger partial charge on any atom is 0.273 e. The van der Waals surface area contributed by atoms with E-state index in [0.29, 0.717) is 23.9 Å². The fourth-order valence-electron chi connectivity index (χ4n) is 2.51. The SMILES string of the molecule is O=c1[nH]c2ccccc2nc1C1(F)CCCC1. The number of hydrogen-bond acceptors (Lipinski definition) is 2. The van der Waals surface area contributed by atoms with E-state index in [1.54, 1.807) is 12.1 Å². The number of hydrogen-bond donors (Lipinski definition) is 1. The first kappa shape index (κ1) is 10.4. The van der Waals surface area contributed by atoms with Crippen molar-refractivity contribution in [3.05, 3.63) is 40.3 Å². The van der Waals surface area contributed by atoms with Crippen molar-refractivity contribution < 1.29 is 4.39 Å². The van der Waals surface area contributed by atoms with Crippen LogP contribution in [0, 0.1) is 0 Å². The summed E-state index contributed by atoms with van der Waals surface area (Å²) in [7, 11) is 0. The van der Waals surface area contributed by atoms with Gasteiger partial charge in [0.05, 0.1) is 11.0 Å². The summed E-state index contributed by atoms with van der Waals surface area (Å²) in [5.74, 6) is 0. The predicted octanol–water partition coefficient (Wildman–Crippen LogP) is 2.66. The van der Waals surface area contributed by atoms with Gasteiger partial charge in [0, 0.05) is 0 Å². The molecule has 0 spiro atoms. The van der Waals surface area contributed by atoms with Gasteiger partial charge in [0.2, 0.25) is 0 Å². The molecule has 17 heavy (non-hydrogen) atoms. The maximum absolute atomic E-state index is 14.6. The van der Waals surface area contributed by atoms with E-state index in [1.807, 2.05) is 12.1 Å². The van der Waals surface area contributed by atoms with E-state index in [2.05, 4.69) is 9.97 Å². The van der Waals surface area contributed by atoms with Crippen LogP contribution in [0.25, 0.3) is 11.0 Å². The highest BCUT2D eigenvalue weighted by atomic mass is 19.1. The van der Waals surface area contributed by atoms with Crippen LogP contribution in [0.5, 0.6) is 0 Å². The number of nitrogens with zero attached hydrogens (tertiary/aromatic N) is 1. The number of fused-ring (bicyclic) bond motifs is 1. The highest BCUT2D eigenvalue weighted by Crippen LogP contribution is 2.40. The van der Waals surface area contributed by atoms with Crippen LogP contribution >= 0.6 is 0 Å². The van der Waals surface area contributed by atoms with Crippen LogP contribution in [0.1, 0.15) is 31.4 Å². The number of rotatable bonds is 1. The molecular formula is C13H13FN2O. The van der Waals surface area contributed by atoms with E-state index in [0.717, 1.165) is 12.8 Å². The summed E-state index contributed by atoms with van der Waals surface area (Å²) in [6.07, 6.45) is 2.46. The summed E-state index contributed by atoms with van der Waals surface area (Å²) in [6, 6.07) is 7.21. The van der Waals surface area contributed by atoms with Crippen LogP contribution in [-0.2, 0) is 5.67 Å². The van der Waals surface area contributed by atoms with Crippen molar-refractivity contribution in [3.63, 3.8) is 0 Å². The van der Waals surface area contributed by atoms with Gasteiger partial charge in [-0.15, -0.1) is 0 Å². The summed E-state index contributed by atoms with van der Waals surface area (Å²) in [4.78, 5) is 18.8. The molecule has 1 aliphatic rings. The lowest BCUT2D eigenvalue weighted by molar-refractivity contribution is 0.166. The minimum Gasteiger partial charge on any atom is -0.319 e. The normalized spacial score (nSPS) is 18.6. The van der Waals surface area contributed by atoms with Crippen LogP contribution < -0.4 is 5.56 Å². The second-order valence-electron chi connectivity index (χ2n) is 4.60. The number of nitrogens with one attached hydrogen (secondary N) is 1. The monoisotopic (exact) mass is 232 g/mol. The fraction of sp³-hybridized carbons (Fsp3) is 0.385. The van der Waals surface area contributed by atoms with Gasteiger partial charge in [-0.3, -0.25) is 4.79 Å². The summed E-state index contributed by atoms with van der Waals surface area (Å²) >= 11 is 0. The average Bonchev–Trinajstić information content (AvgIpc) is 2.76. The van der Waals surface area contributed by atoms with Gasteiger partial charge in [-0.1, -0.05) is 12.1 Å². The second-order valence-corrected chi connectivity index (χ2v) is 4.60. The number of H-pyrrole nitrogens is 1. The summed E-state index contributed by atoms with van der Waals surface area (Å²) in [5.41, 5.74) is -0.576. The van der Waals surface area contributed by atoms with Crippen LogP contribution in [0.4, 0.5) is 4.39 Å². The first-order chi connectivity index (χ1) is 8.19. The molecule has 0 amide bonds. The molecule has 3 rings (SSSR count). The molecule has 0 unspecified atom stereocenters. The van der Waals surface area contributed by atoms with Gasteiger partial charge < -0.3 is 4.98 Å². The molecule has 3 nitrogen and oxygen atoms in total. The molecule has 2 aromatic rings. The van der Waals surface area contributed by atoms with Crippen molar-refractivity contribution in [1.29, 1.82) is 0 Å². The van der Waals surface area contributed by atoms with Gasteiger partial charge in [0.15, 0.2) is 5.67 Å². The second kappa shape index (κ2) is 3.65. The maximum atomic E-state index is 14.6. The third-order valence-electron chi connectivity index (χ3n) is 3.42. The highest BCUT2D eigenvalue weighted by Gasteiger charge is 2.39. The van der Waals surface area contributed by atoms with Crippen molar-refractivity contribution in [1.82, 2.24) is 9.97 Å². The van der Waals surface area contributed by atoms with Gasteiger partial charge in [0.1, 0.15) is 5.69 Å². The Balaban J connectivity index is 2.23. The van der Waals surface area contributed by atoms with Crippen molar-refractivity contribution in [2.24, 2.45) is 0 Å². The molecule has 0 aliphatic heterocycles. The minimum absolute atomic E-state index is 0.0497. The van der Waals surface area contributed by atoms with Gasteiger partial charge in [-0.05, 0) is 37.8 Å². The number of halogens is 1. The molecule has 0 saturated heterocycles. The third-order valence-corrected chi connectivity index (χ3v) is 3.42. The lowest BCUT2D eigenvalue weighted by Gasteiger charge is -2.17. The van der Waals surface area contributed by atoms with E-state index < -0.39 is 11.2 Å². The van der Waals surface area contributed by atoms with E-state index in [1.165, 1.54) is 0 Å². The summed E-state index contributed by atoms with van der Waals surface area (Å²) in [6.45, 7) is 0. The molecule has 0 atom stereocenters. The third kappa shape index (κ3) is 1.64. The molecular weight excluding hydrogens is 219 g/mol. The Morgan fingerprint density at radius 3 is 2.71 bits per heavy atom. The van der Waals surface area contributed by atoms with Crippen molar-refractivity contribution in [2.45, 2.75) is 31.4 Å². The molecule has 0 bridgehead atoms. The topological polar surface area (TPSA) is 45.8 Å². The first-order valence-corrected chi connectivity index (χ1v) is 5.87. The molecule has 1 heterocycles. The molecule has 1 aliphatic carbocycles. The van der Waals surface area contributed by atoms with Crippen LogP contribution in [0.3, 0.4) is 0 Å². The quantitative estimate of drug-likeness (QED) is 0.821. The van der Waals surface area contributed by atoms with Gasteiger partial charge in [-0.2, -0.15) is 0 Å². The standard InChI is InChI=1S/C13H13FN2O/c14-13(7-3-4-8-13)11-12(17)16-10-6-2-1-5-9(10)15-11/h1-2,5-6H,3-4,7-8H2,(H,16,17). The van der Waals surface area contributed by atoms with Crippen LogP contribution in [0.2, 0.25) is 0 Å². The lowest BCUT2D eigenvalue weighted by atomic mass is 10.0. The smallest absolute Gasteiger partial charge is 0.273 e. The van der Waals surface area contributed by atoms with E-state index in [9.17, 15) is 9.18 Å². The molecule has 1 fully saturated rings. The van der Waals surface area contributed by atoms with Crippen LogP contribution in [0.15, 0.2) is 29.1 Å². The molecule has 1 saturated carbocycles. The number of benzene rings is 1. The lowest BCUT2D eigenvalue weighted by Crippen LogP contribution is -2.28. The zero-order valence-electron chi connectivity index (χ0n) is 9.37. The number of para-hydroxylation sites is 2. The largest absolute Gasteiger partial charge is 0.319 e. The Kier molecular flexibility index (Phi) is 2.24. The first-order valence-electron chi connectivity index (χ1n) is 5.87. The van der Waals surface area contributed by atoms with E-state index in [-0.39, 0.29) is 5.69 Å². The van der Waals surface area contributed by atoms with Crippen molar-refractivity contribution in [2.75, 3.05) is 0 Å². The Hall–Kier alpha value is -1.71. The molecule has 88 valence electrons. The fourth-order valence-corrected chi connectivity index (χ4v) is 2.51. The van der Waals surface area contributed by atoms with Gasteiger partial charge in [-0.25, -0.2) is 9.37 Å².